The van der Waals surface area contributed by atoms with Crippen molar-refractivity contribution in [1.29, 1.82) is 0 Å². The van der Waals surface area contributed by atoms with E-state index in [1.54, 1.807) is 0 Å². The third-order valence-corrected chi connectivity index (χ3v) is 2.27. The molecule has 2 nitrogen and oxygen atoms in total. The van der Waals surface area contributed by atoms with Crippen LogP contribution in [0.3, 0.4) is 0 Å². The molecule has 72 valence electrons. The smallest absolute Gasteiger partial charge is 0.165 e. The lowest BCUT2D eigenvalue weighted by atomic mass is 10.2. The summed E-state index contributed by atoms with van der Waals surface area (Å²) in [5.74, 6) is -0.573. The fraction of sp³-hybridized carbons (Fsp3) is 0.375. The second-order valence-corrected chi connectivity index (χ2v) is 3.65. The molecule has 0 radical (unpaired) electrons. The minimum atomic E-state index is -0.697. The maximum atomic E-state index is 12.7. The Labute approximate surface area is 88.9 Å². The van der Waals surface area contributed by atoms with Gasteiger partial charge in [-0.3, -0.25) is 0 Å². The average molecular weight is 269 g/mol. The third-order valence-electron chi connectivity index (χ3n) is 1.55. The molecule has 0 spiro atoms. The van der Waals surface area contributed by atoms with Gasteiger partial charge in [-0.1, -0.05) is 27.5 Å². The minimum absolute atomic E-state index is 0.203. The van der Waals surface area contributed by atoms with Crippen LogP contribution in [0.4, 0.5) is 4.39 Å². The summed E-state index contributed by atoms with van der Waals surface area (Å²) in [6.45, 7) is 0. The molecule has 0 fully saturated rings. The molecule has 1 aromatic rings. The highest BCUT2D eigenvalue weighted by Gasteiger charge is 2.10. The second kappa shape index (κ2) is 4.88. The predicted octanol–water partition coefficient (Wildman–Crippen LogP) is 2.69. The van der Waals surface area contributed by atoms with Crippen molar-refractivity contribution in [2.45, 2.75) is 12.5 Å². The van der Waals surface area contributed by atoms with Crippen molar-refractivity contribution in [1.82, 2.24) is 4.98 Å². The van der Waals surface area contributed by atoms with E-state index in [1.807, 2.05) is 0 Å². The SMILES string of the molecule is OC(CCBr)c1ccc(F)c(Cl)n1. The number of alkyl halides is 1. The number of hydrogen-bond donors (Lipinski definition) is 1. The third kappa shape index (κ3) is 2.90. The van der Waals surface area contributed by atoms with Crippen molar-refractivity contribution in [3.8, 4) is 0 Å². The molecule has 1 rings (SSSR count). The zero-order valence-corrected chi connectivity index (χ0v) is 9.02. The van der Waals surface area contributed by atoms with Crippen molar-refractivity contribution >= 4 is 27.5 Å². The van der Waals surface area contributed by atoms with Crippen molar-refractivity contribution in [3.05, 3.63) is 28.8 Å². The molecule has 0 amide bonds. The quantitative estimate of drug-likeness (QED) is 0.675. The predicted molar refractivity (Wildman–Crippen MR) is 52.6 cm³/mol. The summed E-state index contributed by atoms with van der Waals surface area (Å²) in [7, 11) is 0. The summed E-state index contributed by atoms with van der Waals surface area (Å²) in [6, 6.07) is 2.62. The second-order valence-electron chi connectivity index (χ2n) is 2.50. The van der Waals surface area contributed by atoms with Crippen LogP contribution in [-0.2, 0) is 0 Å². The first kappa shape index (κ1) is 10.9. The lowest BCUT2D eigenvalue weighted by Crippen LogP contribution is -2.01. The Morgan fingerprint density at radius 2 is 2.31 bits per heavy atom. The number of aliphatic hydroxyl groups excluding tert-OH is 1. The summed E-state index contributed by atoms with van der Waals surface area (Å²) in [5.41, 5.74) is 0.394. The Hall–Kier alpha value is -0.190. The number of aliphatic hydroxyl groups is 1. The molecule has 1 atom stereocenters. The van der Waals surface area contributed by atoms with Crippen molar-refractivity contribution in [2.75, 3.05) is 5.33 Å². The number of halogens is 3. The zero-order valence-electron chi connectivity index (χ0n) is 6.67. The summed E-state index contributed by atoms with van der Waals surface area (Å²) < 4.78 is 12.7. The normalized spacial score (nSPS) is 12.9. The number of rotatable bonds is 3. The van der Waals surface area contributed by atoms with Crippen LogP contribution in [0.1, 0.15) is 18.2 Å². The topological polar surface area (TPSA) is 33.1 Å². The summed E-state index contributed by atoms with van der Waals surface area (Å²) >= 11 is 8.63. The number of hydrogen-bond acceptors (Lipinski definition) is 2. The van der Waals surface area contributed by atoms with Gasteiger partial charge in [0.05, 0.1) is 11.8 Å². The van der Waals surface area contributed by atoms with Crippen LogP contribution in [0.5, 0.6) is 0 Å². The highest BCUT2D eigenvalue weighted by atomic mass is 79.9. The molecule has 1 aromatic heterocycles. The molecule has 0 aliphatic heterocycles. The highest BCUT2D eigenvalue weighted by Crippen LogP contribution is 2.19. The van der Waals surface area contributed by atoms with Crippen LogP contribution in [0.25, 0.3) is 0 Å². The van der Waals surface area contributed by atoms with Crippen molar-refractivity contribution in [3.63, 3.8) is 0 Å². The molecule has 13 heavy (non-hydrogen) atoms. The lowest BCUT2D eigenvalue weighted by molar-refractivity contribution is 0.170. The van der Waals surface area contributed by atoms with Crippen LogP contribution in [0.15, 0.2) is 12.1 Å². The fourth-order valence-corrected chi connectivity index (χ4v) is 1.46. The van der Waals surface area contributed by atoms with Crippen molar-refractivity contribution < 1.29 is 9.50 Å². The lowest BCUT2D eigenvalue weighted by Gasteiger charge is -2.07. The fourth-order valence-electron chi connectivity index (χ4n) is 0.868. The molecular formula is C8H8BrClFNO. The Bertz CT molecular complexity index is 297. The van der Waals surface area contributed by atoms with E-state index >= 15 is 0 Å². The van der Waals surface area contributed by atoms with Gasteiger partial charge in [-0.05, 0) is 18.6 Å². The molecule has 5 heteroatoms. The summed E-state index contributed by atoms with van der Waals surface area (Å²) in [6.07, 6.45) is -0.174. The summed E-state index contributed by atoms with van der Waals surface area (Å²) in [5, 5.41) is 9.92. The van der Waals surface area contributed by atoms with E-state index in [9.17, 15) is 9.50 Å². The molecular weight excluding hydrogens is 260 g/mol. The molecule has 1 heterocycles. The largest absolute Gasteiger partial charge is 0.387 e. The first-order chi connectivity index (χ1) is 6.15. The number of nitrogens with zero attached hydrogens (tertiary/aromatic N) is 1. The monoisotopic (exact) mass is 267 g/mol. The molecule has 0 saturated carbocycles. The van der Waals surface area contributed by atoms with E-state index in [4.69, 9.17) is 11.6 Å². The average Bonchev–Trinajstić information content (AvgIpc) is 2.10. The van der Waals surface area contributed by atoms with E-state index in [-0.39, 0.29) is 5.15 Å². The first-order valence-corrected chi connectivity index (χ1v) is 5.21. The van der Waals surface area contributed by atoms with Gasteiger partial charge >= 0.3 is 0 Å². The van der Waals surface area contributed by atoms with Gasteiger partial charge < -0.3 is 5.11 Å². The molecule has 0 bridgehead atoms. The van der Waals surface area contributed by atoms with Gasteiger partial charge in [0.2, 0.25) is 0 Å². The Morgan fingerprint density at radius 3 is 2.85 bits per heavy atom. The van der Waals surface area contributed by atoms with E-state index < -0.39 is 11.9 Å². The van der Waals surface area contributed by atoms with Crippen LogP contribution < -0.4 is 0 Å². The zero-order chi connectivity index (χ0) is 9.84. The molecule has 0 aliphatic carbocycles. The van der Waals surface area contributed by atoms with Gasteiger partial charge in [-0.15, -0.1) is 0 Å². The van der Waals surface area contributed by atoms with Gasteiger partial charge in [0.1, 0.15) is 0 Å². The molecule has 1 unspecified atom stereocenters. The molecule has 0 aromatic carbocycles. The first-order valence-electron chi connectivity index (χ1n) is 3.71. The van der Waals surface area contributed by atoms with Gasteiger partial charge in [0, 0.05) is 5.33 Å². The molecule has 1 N–H and O–H groups in total. The Balaban J connectivity index is 2.84. The van der Waals surface area contributed by atoms with Gasteiger partial charge in [0.25, 0.3) is 0 Å². The van der Waals surface area contributed by atoms with E-state index in [1.165, 1.54) is 12.1 Å². The van der Waals surface area contributed by atoms with Gasteiger partial charge in [0.15, 0.2) is 11.0 Å². The maximum Gasteiger partial charge on any atom is 0.165 e. The van der Waals surface area contributed by atoms with E-state index in [2.05, 4.69) is 20.9 Å². The Morgan fingerprint density at radius 1 is 1.62 bits per heavy atom. The van der Waals surface area contributed by atoms with Crippen LogP contribution in [0.2, 0.25) is 5.15 Å². The van der Waals surface area contributed by atoms with Crippen LogP contribution in [-0.4, -0.2) is 15.4 Å². The Kier molecular flexibility index (Phi) is 4.09. The van der Waals surface area contributed by atoms with Crippen LogP contribution >= 0.6 is 27.5 Å². The van der Waals surface area contributed by atoms with Gasteiger partial charge in [-0.25, -0.2) is 9.37 Å². The molecule has 0 aliphatic rings. The standard InChI is InChI=1S/C8H8BrClFNO/c9-4-3-7(13)6-2-1-5(11)8(10)12-6/h1-2,7,13H,3-4H2. The molecule has 0 saturated heterocycles. The van der Waals surface area contributed by atoms with Crippen molar-refractivity contribution in [2.24, 2.45) is 0 Å². The minimum Gasteiger partial charge on any atom is -0.387 e. The van der Waals surface area contributed by atoms with E-state index in [0.717, 1.165) is 0 Å². The van der Waals surface area contributed by atoms with Gasteiger partial charge in [-0.2, -0.15) is 0 Å². The number of aromatic nitrogens is 1. The highest BCUT2D eigenvalue weighted by molar-refractivity contribution is 9.09. The number of pyridine rings is 1. The summed E-state index contributed by atoms with van der Waals surface area (Å²) in [4.78, 5) is 3.71. The van der Waals surface area contributed by atoms with E-state index in [0.29, 0.717) is 17.4 Å². The van der Waals surface area contributed by atoms with Crippen LogP contribution in [0, 0.1) is 5.82 Å². The maximum absolute atomic E-state index is 12.7.